The van der Waals surface area contributed by atoms with E-state index in [1.807, 2.05) is 25.1 Å². The number of hydrogen-bond acceptors (Lipinski definition) is 5. The molecule has 1 amide bonds. The van der Waals surface area contributed by atoms with Gasteiger partial charge in [-0.2, -0.15) is 0 Å². The molecule has 2 aliphatic rings. The Morgan fingerprint density at radius 2 is 1.83 bits per heavy atom. The van der Waals surface area contributed by atoms with Gasteiger partial charge in [0.15, 0.2) is 23.9 Å². The summed E-state index contributed by atoms with van der Waals surface area (Å²) in [6, 6.07) is 12.4. The predicted molar refractivity (Wildman–Crippen MR) is 113 cm³/mol. The second-order valence-corrected chi connectivity index (χ2v) is 8.01. The third-order valence-corrected chi connectivity index (χ3v) is 5.81. The molecule has 2 heterocycles. The number of piperidine rings is 1. The van der Waals surface area contributed by atoms with Crippen LogP contribution in [0.25, 0.3) is 0 Å². The van der Waals surface area contributed by atoms with Crippen molar-refractivity contribution in [3.8, 4) is 17.2 Å². The molecule has 0 saturated carbocycles. The number of fused-ring (bicyclic) bond motifs is 1. The van der Waals surface area contributed by atoms with Gasteiger partial charge < -0.3 is 19.1 Å². The Morgan fingerprint density at radius 3 is 2.53 bits per heavy atom. The van der Waals surface area contributed by atoms with E-state index in [0.717, 1.165) is 0 Å². The number of rotatable bonds is 5. The minimum atomic E-state index is -0.558. The molecule has 2 aromatic rings. The van der Waals surface area contributed by atoms with Crippen LogP contribution in [-0.2, 0) is 4.79 Å². The van der Waals surface area contributed by atoms with Crippen LogP contribution in [0.5, 0.6) is 17.2 Å². The number of Topliss-reactive ketones (excluding diaryl/α,β-unsaturated/α-hetero) is 1. The number of nitrogens with zero attached hydrogens (tertiary/aromatic N) is 1. The first-order chi connectivity index (χ1) is 14.5. The highest BCUT2D eigenvalue weighted by Crippen LogP contribution is 2.40. The third-order valence-electron chi connectivity index (χ3n) is 5.58. The van der Waals surface area contributed by atoms with Crippen LogP contribution < -0.4 is 14.2 Å². The van der Waals surface area contributed by atoms with Crippen LogP contribution in [0.3, 0.4) is 0 Å². The average molecular weight is 430 g/mol. The van der Waals surface area contributed by atoms with Crippen molar-refractivity contribution in [1.82, 2.24) is 4.90 Å². The summed E-state index contributed by atoms with van der Waals surface area (Å²) in [6.07, 6.45) is 1.50. The molecule has 0 N–H and O–H groups in total. The molecule has 2 aromatic carbocycles. The first-order valence-electron chi connectivity index (χ1n) is 10.1. The number of ether oxygens (including phenoxy) is 3. The smallest absolute Gasteiger partial charge is 0.260 e. The van der Waals surface area contributed by atoms with Crippen molar-refractivity contribution in [3.05, 3.63) is 53.1 Å². The summed E-state index contributed by atoms with van der Waals surface area (Å²) in [7, 11) is 0. The summed E-state index contributed by atoms with van der Waals surface area (Å²) in [5.41, 5.74) is -0.0232. The second-order valence-electron chi connectivity index (χ2n) is 7.57. The van der Waals surface area contributed by atoms with Gasteiger partial charge in [-0.3, -0.25) is 9.59 Å². The Balaban J connectivity index is 1.35. The van der Waals surface area contributed by atoms with Crippen LogP contribution in [0.15, 0.2) is 42.5 Å². The van der Waals surface area contributed by atoms with E-state index < -0.39 is 5.60 Å². The number of likely N-dealkylation sites (tertiary alicyclic amines) is 1. The monoisotopic (exact) mass is 429 g/mol. The Hall–Kier alpha value is -2.73. The molecule has 0 radical (unpaired) electrons. The lowest BCUT2D eigenvalue weighted by Gasteiger charge is -2.43. The molecule has 2 aliphatic heterocycles. The highest BCUT2D eigenvalue weighted by atomic mass is 35.5. The van der Waals surface area contributed by atoms with E-state index in [1.165, 1.54) is 0 Å². The van der Waals surface area contributed by atoms with Crippen LogP contribution >= 0.6 is 11.6 Å². The summed E-state index contributed by atoms with van der Waals surface area (Å²) >= 11 is 6.00. The van der Waals surface area contributed by atoms with Gasteiger partial charge in [0.1, 0.15) is 11.4 Å². The summed E-state index contributed by atoms with van der Waals surface area (Å²) in [5.74, 6) is 1.70. The SMILES string of the molecule is CCOc1ccccc1OCC(=O)N1CCC2(CC1)CC(=O)c1cc(Cl)ccc1O2. The average Bonchev–Trinajstić information content (AvgIpc) is 2.74. The quantitative estimate of drug-likeness (QED) is 0.714. The van der Waals surface area contributed by atoms with E-state index in [9.17, 15) is 9.59 Å². The molecule has 0 unspecified atom stereocenters. The summed E-state index contributed by atoms with van der Waals surface area (Å²) in [4.78, 5) is 27.0. The Kier molecular flexibility index (Phi) is 5.86. The first kappa shape index (κ1) is 20.5. The van der Waals surface area contributed by atoms with E-state index >= 15 is 0 Å². The van der Waals surface area contributed by atoms with Crippen molar-refractivity contribution in [2.75, 3.05) is 26.3 Å². The largest absolute Gasteiger partial charge is 0.490 e. The molecule has 0 bridgehead atoms. The molecule has 30 heavy (non-hydrogen) atoms. The topological polar surface area (TPSA) is 65.1 Å². The minimum absolute atomic E-state index is 0.0365. The van der Waals surface area contributed by atoms with E-state index in [-0.39, 0.29) is 18.3 Å². The van der Waals surface area contributed by atoms with Crippen molar-refractivity contribution in [1.29, 1.82) is 0 Å². The molecule has 0 aromatic heterocycles. The normalized spacial score (nSPS) is 17.3. The molecule has 6 nitrogen and oxygen atoms in total. The number of carbonyl (C=O) groups excluding carboxylic acids is 2. The number of amides is 1. The fourth-order valence-electron chi connectivity index (χ4n) is 3.98. The Labute approximate surface area is 180 Å². The standard InChI is InChI=1S/C23H24ClNO5/c1-2-28-20-5-3-4-6-21(20)29-15-22(27)25-11-9-23(10-12-25)14-18(26)17-13-16(24)7-8-19(17)30-23/h3-8,13H,2,9-12,14-15H2,1H3. The van der Waals surface area contributed by atoms with Crippen LogP contribution in [-0.4, -0.2) is 48.5 Å². The molecule has 1 fully saturated rings. The zero-order valence-electron chi connectivity index (χ0n) is 16.9. The van der Waals surface area contributed by atoms with Gasteiger partial charge in [0.2, 0.25) is 0 Å². The van der Waals surface area contributed by atoms with E-state index in [0.29, 0.717) is 66.8 Å². The summed E-state index contributed by atoms with van der Waals surface area (Å²) in [6.45, 7) is 3.41. The van der Waals surface area contributed by atoms with Crippen LogP contribution in [0, 0.1) is 0 Å². The van der Waals surface area contributed by atoms with Gasteiger partial charge >= 0.3 is 0 Å². The lowest BCUT2D eigenvalue weighted by Crippen LogP contribution is -2.53. The summed E-state index contributed by atoms with van der Waals surface area (Å²) in [5, 5.41) is 0.521. The number of benzene rings is 2. The Bertz CT molecular complexity index is 952. The van der Waals surface area contributed by atoms with Gasteiger partial charge in [-0.1, -0.05) is 23.7 Å². The zero-order chi connectivity index (χ0) is 21.1. The molecular formula is C23H24ClNO5. The zero-order valence-corrected chi connectivity index (χ0v) is 17.6. The molecular weight excluding hydrogens is 406 g/mol. The number of ketones is 1. The Morgan fingerprint density at radius 1 is 1.13 bits per heavy atom. The minimum Gasteiger partial charge on any atom is -0.490 e. The molecule has 4 rings (SSSR count). The molecule has 1 spiro atoms. The van der Waals surface area contributed by atoms with Gasteiger partial charge in [-0.25, -0.2) is 0 Å². The van der Waals surface area contributed by atoms with Gasteiger partial charge in [0.25, 0.3) is 5.91 Å². The predicted octanol–water partition coefficient (Wildman–Crippen LogP) is 4.14. The molecule has 1 saturated heterocycles. The van der Waals surface area contributed by atoms with Crippen LogP contribution in [0.2, 0.25) is 5.02 Å². The van der Waals surface area contributed by atoms with Crippen molar-refractivity contribution < 1.29 is 23.8 Å². The number of para-hydroxylation sites is 2. The van der Waals surface area contributed by atoms with Gasteiger partial charge in [0.05, 0.1) is 18.6 Å². The molecule has 0 atom stereocenters. The fourth-order valence-corrected chi connectivity index (χ4v) is 4.16. The molecule has 7 heteroatoms. The molecule has 158 valence electrons. The van der Waals surface area contributed by atoms with Gasteiger partial charge in [-0.05, 0) is 37.3 Å². The highest BCUT2D eigenvalue weighted by molar-refractivity contribution is 6.31. The van der Waals surface area contributed by atoms with E-state index in [1.54, 1.807) is 29.2 Å². The molecule has 0 aliphatic carbocycles. The fraction of sp³-hybridized carbons (Fsp3) is 0.391. The number of halogens is 1. The first-order valence-corrected chi connectivity index (χ1v) is 10.5. The maximum absolute atomic E-state index is 12.6. The maximum Gasteiger partial charge on any atom is 0.260 e. The van der Waals surface area contributed by atoms with Crippen molar-refractivity contribution >= 4 is 23.3 Å². The second kappa shape index (κ2) is 8.56. The summed E-state index contributed by atoms with van der Waals surface area (Å²) < 4.78 is 17.5. The van der Waals surface area contributed by atoms with Crippen molar-refractivity contribution in [2.24, 2.45) is 0 Å². The number of carbonyl (C=O) groups is 2. The third kappa shape index (κ3) is 4.24. The lowest BCUT2D eigenvalue weighted by atomic mass is 9.82. The van der Waals surface area contributed by atoms with Crippen LogP contribution in [0.1, 0.15) is 36.5 Å². The number of hydrogen-bond donors (Lipinski definition) is 0. The highest BCUT2D eigenvalue weighted by Gasteiger charge is 2.43. The van der Waals surface area contributed by atoms with Crippen LogP contribution in [0.4, 0.5) is 0 Å². The lowest BCUT2D eigenvalue weighted by molar-refractivity contribution is -0.136. The van der Waals surface area contributed by atoms with Gasteiger partial charge in [-0.15, -0.1) is 0 Å². The van der Waals surface area contributed by atoms with Crippen molar-refractivity contribution in [3.63, 3.8) is 0 Å². The maximum atomic E-state index is 12.6. The van der Waals surface area contributed by atoms with Crippen molar-refractivity contribution in [2.45, 2.75) is 31.8 Å². The van der Waals surface area contributed by atoms with E-state index in [2.05, 4.69) is 0 Å². The van der Waals surface area contributed by atoms with Gasteiger partial charge in [0, 0.05) is 31.0 Å². The van der Waals surface area contributed by atoms with E-state index in [4.69, 9.17) is 25.8 Å².